The molecule has 0 radical (unpaired) electrons. The van der Waals surface area contributed by atoms with Crippen molar-refractivity contribution >= 4 is 63.0 Å². The number of benzene rings is 4. The molecule has 0 spiro atoms. The maximum atomic E-state index is 13.3. The third kappa shape index (κ3) is 5.72. The third-order valence-corrected chi connectivity index (χ3v) is 6.99. The molecule has 0 atom stereocenters. The minimum absolute atomic E-state index is 0.154. The first kappa shape index (κ1) is 25.5. The minimum Gasteiger partial charge on any atom is -0.488 e. The maximum Gasteiger partial charge on any atom is 0.294 e. The zero-order chi connectivity index (χ0) is 26.6. The van der Waals surface area contributed by atoms with Crippen molar-refractivity contribution in [3.8, 4) is 5.75 Å². The van der Waals surface area contributed by atoms with Gasteiger partial charge in [0.05, 0.1) is 9.93 Å². The summed E-state index contributed by atoms with van der Waals surface area (Å²) in [5, 5.41) is 4.04. The number of anilines is 1. The van der Waals surface area contributed by atoms with E-state index >= 15 is 0 Å². The number of hydrogen-bond donors (Lipinski definition) is 1. The molecule has 1 fully saturated rings. The van der Waals surface area contributed by atoms with Crippen LogP contribution >= 0.6 is 23.4 Å². The fourth-order valence-electron chi connectivity index (χ4n) is 3.92. The van der Waals surface area contributed by atoms with Crippen molar-refractivity contribution in [3.63, 3.8) is 0 Å². The van der Waals surface area contributed by atoms with Gasteiger partial charge < -0.3 is 10.1 Å². The molecule has 1 N–H and O–H groups in total. The van der Waals surface area contributed by atoms with Crippen LogP contribution in [0.3, 0.4) is 0 Å². The molecule has 0 unspecified atom stereocenters. The molecule has 0 aromatic heterocycles. The van der Waals surface area contributed by atoms with E-state index in [-0.39, 0.29) is 15.6 Å². The predicted molar refractivity (Wildman–Crippen MR) is 147 cm³/mol. The minimum atomic E-state index is -0.623. The van der Waals surface area contributed by atoms with Crippen LogP contribution in [0, 0.1) is 5.82 Å². The Labute approximate surface area is 227 Å². The van der Waals surface area contributed by atoms with Crippen LogP contribution in [0.1, 0.15) is 11.1 Å². The van der Waals surface area contributed by atoms with Crippen molar-refractivity contribution in [2.45, 2.75) is 6.61 Å². The number of ether oxygens (including phenoxy) is 1. The molecule has 3 amide bonds. The molecule has 1 aliphatic rings. The smallest absolute Gasteiger partial charge is 0.294 e. The molecule has 5 rings (SSSR count). The van der Waals surface area contributed by atoms with Gasteiger partial charge in [-0.2, -0.15) is 0 Å². The highest BCUT2D eigenvalue weighted by Gasteiger charge is 2.36. The van der Waals surface area contributed by atoms with Gasteiger partial charge in [-0.15, -0.1) is 0 Å². The standard InChI is InChI=1S/C29H20ClFN2O4S/c30-23-15-22(11-12-24(23)31)32-27(34)16-33-28(35)26(38-29(33)36)14-21-7-3-4-8-25(21)37-17-18-9-10-19-5-1-2-6-20(19)13-18/h1-15H,16-17H2,(H,32,34)/b26-14-. The second-order valence-corrected chi connectivity index (χ2v) is 9.85. The molecule has 190 valence electrons. The van der Waals surface area contributed by atoms with Crippen molar-refractivity contribution in [2.24, 2.45) is 0 Å². The highest BCUT2D eigenvalue weighted by atomic mass is 35.5. The molecular weight excluding hydrogens is 527 g/mol. The van der Waals surface area contributed by atoms with Crippen molar-refractivity contribution in [1.82, 2.24) is 4.90 Å². The van der Waals surface area contributed by atoms with E-state index in [1.165, 1.54) is 12.1 Å². The molecule has 6 nitrogen and oxygen atoms in total. The summed E-state index contributed by atoms with van der Waals surface area (Å²) in [5.41, 5.74) is 1.87. The Kier molecular flexibility index (Phi) is 7.44. The Morgan fingerprint density at radius 3 is 2.55 bits per heavy atom. The number of para-hydroxylation sites is 1. The van der Waals surface area contributed by atoms with E-state index in [1.807, 2.05) is 42.5 Å². The number of thioether (sulfide) groups is 1. The SMILES string of the molecule is O=C(CN1C(=O)S/C(=C\c2ccccc2OCc2ccc3ccccc3c2)C1=O)Nc1ccc(F)c(Cl)c1. The van der Waals surface area contributed by atoms with E-state index in [0.29, 0.717) is 17.9 Å². The zero-order valence-electron chi connectivity index (χ0n) is 19.8. The van der Waals surface area contributed by atoms with Crippen molar-refractivity contribution in [2.75, 3.05) is 11.9 Å². The van der Waals surface area contributed by atoms with Crippen LogP contribution in [-0.4, -0.2) is 28.5 Å². The number of hydrogen-bond acceptors (Lipinski definition) is 5. The lowest BCUT2D eigenvalue weighted by molar-refractivity contribution is -0.127. The predicted octanol–water partition coefficient (Wildman–Crippen LogP) is 6.89. The number of amides is 3. The van der Waals surface area contributed by atoms with Gasteiger partial charge in [-0.25, -0.2) is 4.39 Å². The topological polar surface area (TPSA) is 75.7 Å². The average molecular weight is 547 g/mol. The summed E-state index contributed by atoms with van der Waals surface area (Å²) in [6, 6.07) is 25.1. The van der Waals surface area contributed by atoms with E-state index in [1.54, 1.807) is 24.3 Å². The van der Waals surface area contributed by atoms with Gasteiger partial charge in [-0.3, -0.25) is 19.3 Å². The monoisotopic (exact) mass is 546 g/mol. The lowest BCUT2D eigenvalue weighted by atomic mass is 10.1. The molecule has 0 saturated carbocycles. The number of halogens is 2. The summed E-state index contributed by atoms with van der Waals surface area (Å²) in [6.45, 7) is -0.165. The van der Waals surface area contributed by atoms with E-state index in [0.717, 1.165) is 39.1 Å². The molecule has 1 heterocycles. The van der Waals surface area contributed by atoms with Gasteiger partial charge in [-0.05, 0) is 64.5 Å². The Bertz CT molecular complexity index is 1610. The van der Waals surface area contributed by atoms with Crippen LogP contribution in [-0.2, 0) is 16.2 Å². The summed E-state index contributed by atoms with van der Waals surface area (Å²) < 4.78 is 19.4. The summed E-state index contributed by atoms with van der Waals surface area (Å²) in [6.07, 6.45) is 1.58. The summed E-state index contributed by atoms with van der Waals surface area (Å²) in [4.78, 5) is 38.9. The number of carbonyl (C=O) groups is 3. The van der Waals surface area contributed by atoms with Crippen LogP contribution < -0.4 is 10.1 Å². The molecule has 1 aliphatic heterocycles. The number of nitrogens with zero attached hydrogens (tertiary/aromatic N) is 1. The van der Waals surface area contributed by atoms with Gasteiger partial charge in [0.2, 0.25) is 5.91 Å². The molecule has 38 heavy (non-hydrogen) atoms. The van der Waals surface area contributed by atoms with Crippen molar-refractivity contribution in [1.29, 1.82) is 0 Å². The van der Waals surface area contributed by atoms with Gasteiger partial charge in [0.1, 0.15) is 24.7 Å². The summed E-state index contributed by atoms with van der Waals surface area (Å²) >= 11 is 6.48. The quantitative estimate of drug-likeness (QED) is 0.256. The molecule has 1 saturated heterocycles. The molecule has 4 aromatic carbocycles. The van der Waals surface area contributed by atoms with Gasteiger partial charge in [-0.1, -0.05) is 66.2 Å². The number of nitrogens with one attached hydrogen (secondary N) is 1. The number of fused-ring (bicyclic) bond motifs is 1. The second-order valence-electron chi connectivity index (χ2n) is 8.45. The number of rotatable bonds is 7. The fraction of sp³-hybridized carbons (Fsp3) is 0.0690. The second kappa shape index (κ2) is 11.1. The number of carbonyl (C=O) groups excluding carboxylic acids is 3. The third-order valence-electron chi connectivity index (χ3n) is 5.79. The van der Waals surface area contributed by atoms with Crippen molar-refractivity contribution < 1.29 is 23.5 Å². The lowest BCUT2D eigenvalue weighted by Crippen LogP contribution is -2.36. The molecule has 0 aliphatic carbocycles. The van der Waals surface area contributed by atoms with Gasteiger partial charge in [0, 0.05) is 11.3 Å². The lowest BCUT2D eigenvalue weighted by Gasteiger charge is -2.13. The largest absolute Gasteiger partial charge is 0.488 e. The highest BCUT2D eigenvalue weighted by molar-refractivity contribution is 8.18. The zero-order valence-corrected chi connectivity index (χ0v) is 21.4. The molecule has 9 heteroatoms. The van der Waals surface area contributed by atoms with Crippen molar-refractivity contribution in [3.05, 3.63) is 112 Å². The molecule has 4 aromatic rings. The highest BCUT2D eigenvalue weighted by Crippen LogP contribution is 2.34. The molecule has 0 bridgehead atoms. The molecular formula is C29H20ClFN2O4S. The van der Waals surface area contributed by atoms with Crippen LogP contribution in [0.15, 0.2) is 89.8 Å². The Morgan fingerprint density at radius 2 is 1.74 bits per heavy atom. The van der Waals surface area contributed by atoms with Gasteiger partial charge >= 0.3 is 0 Å². The normalized spacial score (nSPS) is 14.4. The Hall–Kier alpha value is -4.14. The fourth-order valence-corrected chi connectivity index (χ4v) is 4.93. The van der Waals surface area contributed by atoms with E-state index in [4.69, 9.17) is 16.3 Å². The van der Waals surface area contributed by atoms with E-state index in [2.05, 4.69) is 11.4 Å². The van der Waals surface area contributed by atoms with E-state index < -0.39 is 29.4 Å². The average Bonchev–Trinajstić information content (AvgIpc) is 3.17. The summed E-state index contributed by atoms with van der Waals surface area (Å²) in [7, 11) is 0. The van der Waals surface area contributed by atoms with Gasteiger partial charge in [0.15, 0.2) is 0 Å². The Morgan fingerprint density at radius 1 is 0.974 bits per heavy atom. The number of imide groups is 1. The first-order valence-corrected chi connectivity index (χ1v) is 12.8. The summed E-state index contributed by atoms with van der Waals surface area (Å²) in [5.74, 6) is -1.27. The van der Waals surface area contributed by atoms with Crippen LogP contribution in [0.4, 0.5) is 14.9 Å². The van der Waals surface area contributed by atoms with Crippen LogP contribution in [0.5, 0.6) is 5.75 Å². The maximum absolute atomic E-state index is 13.3. The van der Waals surface area contributed by atoms with Crippen LogP contribution in [0.25, 0.3) is 16.8 Å². The van der Waals surface area contributed by atoms with E-state index in [9.17, 15) is 18.8 Å². The van der Waals surface area contributed by atoms with Gasteiger partial charge in [0.25, 0.3) is 11.1 Å². The first-order valence-electron chi connectivity index (χ1n) is 11.6. The van der Waals surface area contributed by atoms with Crippen LogP contribution in [0.2, 0.25) is 5.02 Å². The Balaban J connectivity index is 1.27. The first-order chi connectivity index (χ1) is 18.4.